The third kappa shape index (κ3) is 4.26. The number of rotatable bonds is 6. The topological polar surface area (TPSA) is 64.0 Å². The minimum Gasteiger partial charge on any atom is -0.324 e. The van der Waals surface area contributed by atoms with E-state index in [4.69, 9.17) is 4.98 Å². The smallest absolute Gasteiger partial charge is 0.237 e. The highest BCUT2D eigenvalue weighted by molar-refractivity contribution is 8.00. The number of Topliss-reactive ketones (excluding diaryl/α,β-unsaturated/α-hetero) is 1. The molecular formula is C21H27N3O2S. The van der Waals surface area contributed by atoms with Crippen LogP contribution in [0.25, 0.3) is 0 Å². The zero-order chi connectivity index (χ0) is 19.6. The van der Waals surface area contributed by atoms with Crippen LogP contribution in [0, 0.1) is 13.8 Å². The minimum absolute atomic E-state index is 0.0609. The molecule has 0 bridgehead atoms. The first kappa shape index (κ1) is 19.7. The van der Waals surface area contributed by atoms with Gasteiger partial charge in [-0.05, 0) is 52.7 Å². The number of ketones is 1. The van der Waals surface area contributed by atoms with E-state index in [1.165, 1.54) is 50.1 Å². The standard InChI is InChI=1S/C21H27N3O2S/c1-13-14(2)24(17-9-5-6-10-17)21(22-13)27-16(4)20(26)23-19-12-8-7-11-18(19)15(3)25/h7-8,11-12,16-17H,5-6,9-10H2,1-4H3,(H,23,26). The molecule has 0 spiro atoms. The molecule has 1 aromatic heterocycles. The molecule has 1 fully saturated rings. The molecule has 1 aliphatic rings. The van der Waals surface area contributed by atoms with Gasteiger partial charge in [0, 0.05) is 17.3 Å². The lowest BCUT2D eigenvalue weighted by molar-refractivity contribution is -0.115. The van der Waals surface area contributed by atoms with Crippen LogP contribution in [0.2, 0.25) is 0 Å². The molecule has 27 heavy (non-hydrogen) atoms. The summed E-state index contributed by atoms with van der Waals surface area (Å²) < 4.78 is 2.32. The number of nitrogens with one attached hydrogen (secondary N) is 1. The van der Waals surface area contributed by atoms with Gasteiger partial charge in [-0.25, -0.2) is 4.98 Å². The first-order valence-corrected chi connectivity index (χ1v) is 10.4. The van der Waals surface area contributed by atoms with Crippen molar-refractivity contribution >= 4 is 29.1 Å². The maximum atomic E-state index is 12.7. The normalized spacial score (nSPS) is 15.7. The summed E-state index contributed by atoms with van der Waals surface area (Å²) in [5.41, 5.74) is 3.31. The summed E-state index contributed by atoms with van der Waals surface area (Å²) in [5, 5.41) is 3.51. The van der Waals surface area contributed by atoms with Gasteiger partial charge in [-0.3, -0.25) is 9.59 Å². The van der Waals surface area contributed by atoms with Gasteiger partial charge in [-0.1, -0.05) is 36.7 Å². The monoisotopic (exact) mass is 385 g/mol. The summed E-state index contributed by atoms with van der Waals surface area (Å²) in [4.78, 5) is 29.2. The number of carbonyl (C=O) groups excluding carboxylic acids is 2. The summed E-state index contributed by atoms with van der Waals surface area (Å²) >= 11 is 1.49. The third-order valence-electron chi connectivity index (χ3n) is 5.26. The predicted octanol–water partition coefficient (Wildman–Crippen LogP) is 4.94. The number of thioether (sulfide) groups is 1. The van der Waals surface area contributed by atoms with E-state index in [9.17, 15) is 9.59 Å². The summed E-state index contributed by atoms with van der Waals surface area (Å²) in [6.45, 7) is 7.53. The van der Waals surface area contributed by atoms with Crippen LogP contribution in [0.1, 0.15) is 67.3 Å². The Balaban J connectivity index is 1.76. The number of benzene rings is 1. The molecule has 1 aromatic carbocycles. The van der Waals surface area contributed by atoms with Crippen LogP contribution in [0.5, 0.6) is 0 Å². The lowest BCUT2D eigenvalue weighted by atomic mass is 10.1. The van der Waals surface area contributed by atoms with Gasteiger partial charge in [0.1, 0.15) is 0 Å². The van der Waals surface area contributed by atoms with Gasteiger partial charge in [-0.15, -0.1) is 0 Å². The molecule has 2 aromatic rings. The lowest BCUT2D eigenvalue weighted by Crippen LogP contribution is -2.24. The molecular weight excluding hydrogens is 358 g/mol. The number of aromatic nitrogens is 2. The van der Waals surface area contributed by atoms with Crippen LogP contribution in [0.4, 0.5) is 5.69 Å². The number of aryl methyl sites for hydroxylation is 1. The average molecular weight is 386 g/mol. The molecule has 1 unspecified atom stereocenters. The molecule has 1 N–H and O–H groups in total. The first-order chi connectivity index (χ1) is 12.9. The van der Waals surface area contributed by atoms with E-state index in [0.717, 1.165) is 10.9 Å². The molecule has 1 atom stereocenters. The fourth-order valence-corrected chi connectivity index (χ4v) is 4.69. The Labute approximate surface area is 164 Å². The van der Waals surface area contributed by atoms with Gasteiger partial charge in [0.05, 0.1) is 16.6 Å². The zero-order valence-electron chi connectivity index (χ0n) is 16.4. The highest BCUT2D eigenvalue weighted by Gasteiger charge is 2.26. The van der Waals surface area contributed by atoms with Crippen molar-refractivity contribution in [2.45, 2.75) is 69.8 Å². The van der Waals surface area contributed by atoms with E-state index in [-0.39, 0.29) is 16.9 Å². The van der Waals surface area contributed by atoms with Crippen LogP contribution in [-0.4, -0.2) is 26.5 Å². The van der Waals surface area contributed by atoms with E-state index in [2.05, 4.69) is 16.8 Å². The summed E-state index contributed by atoms with van der Waals surface area (Å²) in [5.74, 6) is -0.181. The van der Waals surface area contributed by atoms with Gasteiger partial charge in [-0.2, -0.15) is 0 Å². The van der Waals surface area contributed by atoms with Crippen molar-refractivity contribution in [3.05, 3.63) is 41.2 Å². The molecule has 0 radical (unpaired) electrons. The number of hydrogen-bond donors (Lipinski definition) is 1. The van der Waals surface area contributed by atoms with Crippen molar-refractivity contribution in [3.8, 4) is 0 Å². The molecule has 144 valence electrons. The van der Waals surface area contributed by atoms with Crippen LogP contribution >= 0.6 is 11.8 Å². The second-order valence-corrected chi connectivity index (χ2v) is 8.53. The molecule has 1 amide bonds. The Bertz CT molecular complexity index is 853. The van der Waals surface area contributed by atoms with Crippen LogP contribution in [0.3, 0.4) is 0 Å². The first-order valence-electron chi connectivity index (χ1n) is 9.51. The number of imidazole rings is 1. The summed E-state index contributed by atoms with van der Waals surface area (Å²) in [6.07, 6.45) is 4.86. The van der Waals surface area contributed by atoms with E-state index in [1.807, 2.05) is 19.9 Å². The number of nitrogens with zero attached hydrogens (tertiary/aromatic N) is 2. The highest BCUT2D eigenvalue weighted by atomic mass is 32.2. The number of carbonyl (C=O) groups is 2. The molecule has 5 nitrogen and oxygen atoms in total. The Morgan fingerprint density at radius 2 is 1.89 bits per heavy atom. The van der Waals surface area contributed by atoms with E-state index < -0.39 is 0 Å². The van der Waals surface area contributed by atoms with E-state index >= 15 is 0 Å². The van der Waals surface area contributed by atoms with Gasteiger partial charge in [0.15, 0.2) is 10.9 Å². The second kappa shape index (κ2) is 8.30. The van der Waals surface area contributed by atoms with Crippen molar-refractivity contribution < 1.29 is 9.59 Å². The molecule has 3 rings (SSSR count). The number of amides is 1. The Kier molecular flexibility index (Phi) is 6.05. The van der Waals surface area contributed by atoms with Crippen molar-refractivity contribution in [1.29, 1.82) is 0 Å². The Morgan fingerprint density at radius 1 is 1.22 bits per heavy atom. The van der Waals surface area contributed by atoms with Gasteiger partial charge < -0.3 is 9.88 Å². The minimum atomic E-state index is -0.314. The largest absolute Gasteiger partial charge is 0.324 e. The average Bonchev–Trinajstić information content (AvgIpc) is 3.24. The maximum Gasteiger partial charge on any atom is 0.237 e. The van der Waals surface area contributed by atoms with Crippen LogP contribution in [-0.2, 0) is 4.79 Å². The fraction of sp³-hybridized carbons (Fsp3) is 0.476. The number of anilines is 1. The fourth-order valence-electron chi connectivity index (χ4n) is 3.62. The molecule has 1 aliphatic carbocycles. The van der Waals surface area contributed by atoms with Crippen molar-refractivity contribution in [2.75, 3.05) is 5.32 Å². The van der Waals surface area contributed by atoms with E-state index in [1.54, 1.807) is 18.2 Å². The third-order valence-corrected chi connectivity index (χ3v) is 6.33. The summed E-state index contributed by atoms with van der Waals surface area (Å²) in [7, 11) is 0. The highest BCUT2D eigenvalue weighted by Crippen LogP contribution is 2.36. The Morgan fingerprint density at radius 3 is 2.56 bits per heavy atom. The number of para-hydroxylation sites is 1. The predicted molar refractivity (Wildman–Crippen MR) is 110 cm³/mol. The number of hydrogen-bond acceptors (Lipinski definition) is 4. The van der Waals surface area contributed by atoms with Gasteiger partial charge in [0.25, 0.3) is 0 Å². The van der Waals surface area contributed by atoms with Crippen LogP contribution in [0.15, 0.2) is 29.4 Å². The molecule has 1 saturated carbocycles. The quantitative estimate of drug-likeness (QED) is 0.565. The lowest BCUT2D eigenvalue weighted by Gasteiger charge is -2.19. The summed E-state index contributed by atoms with van der Waals surface area (Å²) in [6, 6.07) is 7.60. The zero-order valence-corrected chi connectivity index (χ0v) is 17.2. The van der Waals surface area contributed by atoms with Gasteiger partial charge in [0.2, 0.25) is 5.91 Å². The Hall–Kier alpha value is -2.08. The van der Waals surface area contributed by atoms with Crippen molar-refractivity contribution in [1.82, 2.24) is 9.55 Å². The van der Waals surface area contributed by atoms with Crippen molar-refractivity contribution in [2.24, 2.45) is 0 Å². The maximum absolute atomic E-state index is 12.7. The molecule has 6 heteroatoms. The van der Waals surface area contributed by atoms with Crippen molar-refractivity contribution in [3.63, 3.8) is 0 Å². The van der Waals surface area contributed by atoms with Gasteiger partial charge >= 0.3 is 0 Å². The second-order valence-electron chi connectivity index (χ2n) is 7.22. The molecule has 0 aliphatic heterocycles. The SMILES string of the molecule is CC(=O)c1ccccc1NC(=O)C(C)Sc1nc(C)c(C)n1C1CCCC1. The molecule has 0 saturated heterocycles. The van der Waals surface area contributed by atoms with E-state index in [0.29, 0.717) is 17.3 Å². The van der Waals surface area contributed by atoms with Crippen LogP contribution < -0.4 is 5.32 Å². The molecule has 1 heterocycles.